The average molecular weight is 462 g/mol. The molecular weight excluding hydrogens is 436 g/mol. The standard InChI is InChI=1S/C26H25BrN2O/c27-24-14-11-21(12-15-24)13-16-25(30)28-17-19-29(20-18-28)26(22-7-3-1-4-8-22)23-9-5-2-6-10-23/h1-16,26H,17-20H2/p+1. The van der Waals surface area contributed by atoms with E-state index in [4.69, 9.17) is 0 Å². The van der Waals surface area contributed by atoms with E-state index < -0.39 is 0 Å². The van der Waals surface area contributed by atoms with Gasteiger partial charge in [-0.1, -0.05) is 88.7 Å². The third-order valence-electron chi connectivity index (χ3n) is 5.68. The summed E-state index contributed by atoms with van der Waals surface area (Å²) in [5.74, 6) is 0.0907. The van der Waals surface area contributed by atoms with Gasteiger partial charge >= 0.3 is 0 Å². The summed E-state index contributed by atoms with van der Waals surface area (Å²) >= 11 is 3.44. The number of amides is 1. The van der Waals surface area contributed by atoms with Crippen molar-refractivity contribution in [3.8, 4) is 0 Å². The molecule has 1 heterocycles. The Morgan fingerprint density at radius 3 is 1.90 bits per heavy atom. The molecule has 3 aromatic carbocycles. The molecule has 1 aliphatic heterocycles. The highest BCUT2D eigenvalue weighted by molar-refractivity contribution is 9.10. The highest BCUT2D eigenvalue weighted by Gasteiger charge is 2.30. The van der Waals surface area contributed by atoms with Crippen molar-refractivity contribution in [3.05, 3.63) is 112 Å². The minimum atomic E-state index is 0.0907. The van der Waals surface area contributed by atoms with Gasteiger partial charge in [0.25, 0.3) is 0 Å². The number of piperazine rings is 1. The lowest BCUT2D eigenvalue weighted by molar-refractivity contribution is -0.929. The molecule has 1 fully saturated rings. The van der Waals surface area contributed by atoms with E-state index >= 15 is 0 Å². The van der Waals surface area contributed by atoms with Crippen molar-refractivity contribution in [3.63, 3.8) is 0 Å². The van der Waals surface area contributed by atoms with E-state index in [-0.39, 0.29) is 5.91 Å². The smallest absolute Gasteiger partial charge is 0.246 e. The molecule has 0 aromatic heterocycles. The first kappa shape index (κ1) is 20.6. The van der Waals surface area contributed by atoms with Gasteiger partial charge in [0, 0.05) is 21.7 Å². The summed E-state index contributed by atoms with van der Waals surface area (Å²) in [6.45, 7) is 3.42. The zero-order chi connectivity index (χ0) is 20.8. The Hall–Kier alpha value is -2.69. The number of nitrogens with zero attached hydrogens (tertiary/aromatic N) is 1. The van der Waals surface area contributed by atoms with Gasteiger partial charge in [0.1, 0.15) is 6.04 Å². The number of rotatable bonds is 5. The Morgan fingerprint density at radius 2 is 1.37 bits per heavy atom. The predicted octanol–water partition coefficient (Wildman–Crippen LogP) is 3.98. The molecule has 1 saturated heterocycles. The maximum atomic E-state index is 12.7. The summed E-state index contributed by atoms with van der Waals surface area (Å²) in [6.07, 6.45) is 3.59. The number of hydrogen-bond donors (Lipinski definition) is 1. The van der Waals surface area contributed by atoms with Crippen LogP contribution in [-0.4, -0.2) is 37.0 Å². The molecule has 1 N–H and O–H groups in total. The second kappa shape index (κ2) is 9.88. The van der Waals surface area contributed by atoms with Crippen LogP contribution in [0.5, 0.6) is 0 Å². The quantitative estimate of drug-likeness (QED) is 0.571. The Kier molecular flexibility index (Phi) is 6.77. The van der Waals surface area contributed by atoms with Crippen LogP contribution in [-0.2, 0) is 4.79 Å². The lowest BCUT2D eigenvalue weighted by atomic mass is 9.96. The van der Waals surface area contributed by atoms with Crippen LogP contribution in [0.2, 0.25) is 0 Å². The van der Waals surface area contributed by atoms with Gasteiger partial charge in [0.2, 0.25) is 5.91 Å². The van der Waals surface area contributed by atoms with E-state index in [1.54, 1.807) is 6.08 Å². The van der Waals surface area contributed by atoms with E-state index in [0.29, 0.717) is 6.04 Å². The van der Waals surface area contributed by atoms with E-state index in [1.165, 1.54) is 16.0 Å². The van der Waals surface area contributed by atoms with Crippen LogP contribution in [0.1, 0.15) is 22.7 Å². The molecule has 4 heteroatoms. The van der Waals surface area contributed by atoms with Crippen molar-refractivity contribution in [2.75, 3.05) is 26.2 Å². The average Bonchev–Trinajstić information content (AvgIpc) is 2.81. The van der Waals surface area contributed by atoms with Crippen LogP contribution in [0.4, 0.5) is 0 Å². The van der Waals surface area contributed by atoms with Gasteiger partial charge in [-0.15, -0.1) is 0 Å². The van der Waals surface area contributed by atoms with Gasteiger partial charge in [-0.25, -0.2) is 0 Å². The third kappa shape index (κ3) is 5.07. The number of quaternary nitrogens is 1. The minimum absolute atomic E-state index is 0.0907. The molecule has 0 bridgehead atoms. The summed E-state index contributed by atoms with van der Waals surface area (Å²) in [6, 6.07) is 29.7. The van der Waals surface area contributed by atoms with E-state index in [9.17, 15) is 4.79 Å². The molecule has 3 aromatic rings. The van der Waals surface area contributed by atoms with Crippen LogP contribution in [0.15, 0.2) is 95.5 Å². The number of carbonyl (C=O) groups excluding carboxylic acids is 1. The zero-order valence-corrected chi connectivity index (χ0v) is 18.5. The fourth-order valence-electron chi connectivity index (χ4n) is 4.10. The maximum Gasteiger partial charge on any atom is 0.246 e. The van der Waals surface area contributed by atoms with Crippen LogP contribution in [0, 0.1) is 0 Å². The number of carbonyl (C=O) groups is 1. The highest BCUT2D eigenvalue weighted by Crippen LogP contribution is 2.19. The molecule has 1 aliphatic rings. The number of nitrogens with one attached hydrogen (secondary N) is 1. The first-order chi connectivity index (χ1) is 14.7. The van der Waals surface area contributed by atoms with Crippen molar-refractivity contribution < 1.29 is 9.69 Å². The first-order valence-corrected chi connectivity index (χ1v) is 11.2. The summed E-state index contributed by atoms with van der Waals surface area (Å²) in [4.78, 5) is 16.1. The fourth-order valence-corrected chi connectivity index (χ4v) is 4.37. The molecule has 0 aliphatic carbocycles. The van der Waals surface area contributed by atoms with Crippen molar-refractivity contribution in [2.24, 2.45) is 0 Å². The lowest BCUT2D eigenvalue weighted by Crippen LogP contribution is -3.15. The lowest BCUT2D eigenvalue weighted by Gasteiger charge is -2.36. The third-order valence-corrected chi connectivity index (χ3v) is 6.21. The Labute approximate surface area is 186 Å². The van der Waals surface area contributed by atoms with Crippen LogP contribution < -0.4 is 4.90 Å². The van der Waals surface area contributed by atoms with Crippen molar-refractivity contribution >= 4 is 27.9 Å². The van der Waals surface area contributed by atoms with Gasteiger partial charge in [0.15, 0.2) is 0 Å². The molecule has 0 radical (unpaired) electrons. The monoisotopic (exact) mass is 461 g/mol. The topological polar surface area (TPSA) is 24.8 Å². The summed E-state index contributed by atoms with van der Waals surface area (Å²) in [5, 5.41) is 0. The normalized spacial score (nSPS) is 15.1. The van der Waals surface area contributed by atoms with Gasteiger partial charge in [-0.2, -0.15) is 0 Å². The second-order valence-corrected chi connectivity index (χ2v) is 8.54. The second-order valence-electron chi connectivity index (χ2n) is 7.62. The molecule has 0 spiro atoms. The molecular formula is C26H26BrN2O+. The van der Waals surface area contributed by atoms with Gasteiger partial charge in [-0.05, 0) is 23.8 Å². The number of halogens is 1. The predicted molar refractivity (Wildman–Crippen MR) is 125 cm³/mol. The Morgan fingerprint density at radius 1 is 0.833 bits per heavy atom. The number of benzene rings is 3. The van der Waals surface area contributed by atoms with E-state index in [0.717, 1.165) is 36.2 Å². The molecule has 0 unspecified atom stereocenters. The zero-order valence-electron chi connectivity index (χ0n) is 16.9. The molecule has 30 heavy (non-hydrogen) atoms. The largest absolute Gasteiger partial charge is 0.328 e. The molecule has 0 saturated carbocycles. The highest BCUT2D eigenvalue weighted by atomic mass is 79.9. The molecule has 152 valence electrons. The molecule has 0 atom stereocenters. The van der Waals surface area contributed by atoms with Gasteiger partial charge in [0.05, 0.1) is 26.2 Å². The summed E-state index contributed by atoms with van der Waals surface area (Å²) < 4.78 is 1.04. The first-order valence-electron chi connectivity index (χ1n) is 10.4. The fraction of sp³-hybridized carbons (Fsp3) is 0.192. The maximum absolute atomic E-state index is 12.7. The Bertz CT molecular complexity index is 939. The molecule has 1 amide bonds. The van der Waals surface area contributed by atoms with Gasteiger partial charge < -0.3 is 9.80 Å². The van der Waals surface area contributed by atoms with E-state index in [1.807, 2.05) is 35.2 Å². The van der Waals surface area contributed by atoms with Crippen LogP contribution in [0.3, 0.4) is 0 Å². The minimum Gasteiger partial charge on any atom is -0.328 e. The van der Waals surface area contributed by atoms with E-state index in [2.05, 4.69) is 76.6 Å². The van der Waals surface area contributed by atoms with Crippen molar-refractivity contribution in [1.29, 1.82) is 0 Å². The van der Waals surface area contributed by atoms with Crippen LogP contribution in [0.25, 0.3) is 6.08 Å². The summed E-state index contributed by atoms with van der Waals surface area (Å²) in [5.41, 5.74) is 3.69. The van der Waals surface area contributed by atoms with Gasteiger partial charge in [-0.3, -0.25) is 4.79 Å². The SMILES string of the molecule is O=C(C=Cc1ccc(Br)cc1)N1CC[NH+](C(c2ccccc2)c2ccccc2)CC1. The molecule has 4 rings (SSSR count). The Balaban J connectivity index is 1.43. The number of hydrogen-bond acceptors (Lipinski definition) is 1. The van der Waals surface area contributed by atoms with Crippen LogP contribution >= 0.6 is 15.9 Å². The molecule has 3 nitrogen and oxygen atoms in total. The van der Waals surface area contributed by atoms with Crippen molar-refractivity contribution in [2.45, 2.75) is 6.04 Å². The van der Waals surface area contributed by atoms with Crippen molar-refractivity contribution in [1.82, 2.24) is 4.90 Å². The summed E-state index contributed by atoms with van der Waals surface area (Å²) in [7, 11) is 0.